The molecule has 88 valence electrons. The van der Waals surface area contributed by atoms with Gasteiger partial charge in [-0.1, -0.05) is 13.8 Å². The SMILES string of the molecule is CCCNC(=O)CCNC(CC)C(N)=O. The summed E-state index contributed by atoms with van der Waals surface area (Å²) in [5, 5.41) is 5.70. The molecule has 0 heterocycles. The molecule has 15 heavy (non-hydrogen) atoms. The summed E-state index contributed by atoms with van der Waals surface area (Å²) in [7, 11) is 0. The van der Waals surface area contributed by atoms with E-state index < -0.39 is 0 Å². The number of primary amides is 1. The van der Waals surface area contributed by atoms with Crippen LogP contribution in [-0.2, 0) is 9.59 Å². The van der Waals surface area contributed by atoms with Crippen LogP contribution in [0.4, 0.5) is 0 Å². The molecular weight excluding hydrogens is 194 g/mol. The molecule has 0 spiro atoms. The summed E-state index contributed by atoms with van der Waals surface area (Å²) in [6.07, 6.45) is 1.95. The first-order valence-corrected chi connectivity index (χ1v) is 5.41. The summed E-state index contributed by atoms with van der Waals surface area (Å²) in [6, 6.07) is -0.330. The first-order valence-electron chi connectivity index (χ1n) is 5.41. The van der Waals surface area contributed by atoms with Crippen molar-refractivity contribution in [1.29, 1.82) is 0 Å². The van der Waals surface area contributed by atoms with Crippen molar-refractivity contribution in [3.63, 3.8) is 0 Å². The zero-order valence-corrected chi connectivity index (χ0v) is 9.51. The summed E-state index contributed by atoms with van der Waals surface area (Å²) in [4.78, 5) is 22.0. The predicted octanol–water partition coefficient (Wildman–Crippen LogP) is -0.244. The number of nitrogens with one attached hydrogen (secondary N) is 2. The highest BCUT2D eigenvalue weighted by Gasteiger charge is 2.11. The number of hydrogen-bond acceptors (Lipinski definition) is 3. The lowest BCUT2D eigenvalue weighted by Gasteiger charge is -2.12. The molecule has 0 aliphatic heterocycles. The molecular formula is C10H21N3O2. The molecule has 0 rings (SSSR count). The molecule has 1 atom stereocenters. The van der Waals surface area contributed by atoms with E-state index in [0.29, 0.717) is 25.9 Å². The van der Waals surface area contributed by atoms with Crippen LogP contribution in [0.5, 0.6) is 0 Å². The van der Waals surface area contributed by atoms with Crippen LogP contribution < -0.4 is 16.4 Å². The van der Waals surface area contributed by atoms with Gasteiger partial charge in [0.2, 0.25) is 11.8 Å². The molecule has 1 unspecified atom stereocenters. The van der Waals surface area contributed by atoms with Gasteiger partial charge in [0.05, 0.1) is 6.04 Å². The fourth-order valence-electron chi connectivity index (χ4n) is 1.16. The Morgan fingerprint density at radius 2 is 1.93 bits per heavy atom. The lowest BCUT2D eigenvalue weighted by molar-refractivity contribution is -0.122. The van der Waals surface area contributed by atoms with E-state index in [0.717, 1.165) is 6.42 Å². The Morgan fingerprint density at radius 1 is 1.27 bits per heavy atom. The molecule has 0 aromatic rings. The van der Waals surface area contributed by atoms with Crippen molar-refractivity contribution in [2.75, 3.05) is 13.1 Å². The molecule has 0 aromatic carbocycles. The number of amides is 2. The van der Waals surface area contributed by atoms with Crippen molar-refractivity contribution in [2.45, 2.75) is 39.2 Å². The standard InChI is InChI=1S/C10H21N3O2/c1-3-6-13-9(14)5-7-12-8(4-2)10(11)15/h8,12H,3-7H2,1-2H3,(H2,11,15)(H,13,14). The maximum Gasteiger partial charge on any atom is 0.234 e. The molecule has 0 aliphatic carbocycles. The summed E-state index contributed by atoms with van der Waals surface area (Å²) < 4.78 is 0. The van der Waals surface area contributed by atoms with Crippen LogP contribution in [0, 0.1) is 0 Å². The fourth-order valence-corrected chi connectivity index (χ4v) is 1.16. The van der Waals surface area contributed by atoms with E-state index in [1.807, 2.05) is 13.8 Å². The van der Waals surface area contributed by atoms with Crippen LogP contribution in [0.25, 0.3) is 0 Å². The van der Waals surface area contributed by atoms with E-state index in [9.17, 15) is 9.59 Å². The van der Waals surface area contributed by atoms with E-state index in [4.69, 9.17) is 5.73 Å². The van der Waals surface area contributed by atoms with Crippen LogP contribution in [0.15, 0.2) is 0 Å². The highest BCUT2D eigenvalue weighted by molar-refractivity contribution is 5.80. The second-order valence-corrected chi connectivity index (χ2v) is 3.42. The molecule has 2 amide bonds. The topological polar surface area (TPSA) is 84.2 Å². The van der Waals surface area contributed by atoms with Crippen LogP contribution in [0.1, 0.15) is 33.1 Å². The maximum atomic E-state index is 11.2. The molecule has 5 heteroatoms. The Bertz CT molecular complexity index is 207. The van der Waals surface area contributed by atoms with Gasteiger partial charge in [-0.3, -0.25) is 9.59 Å². The summed E-state index contributed by atoms with van der Waals surface area (Å²) in [6.45, 7) is 5.06. The van der Waals surface area contributed by atoms with Crippen molar-refractivity contribution in [1.82, 2.24) is 10.6 Å². The third-order valence-electron chi connectivity index (χ3n) is 2.07. The zero-order valence-electron chi connectivity index (χ0n) is 9.51. The number of hydrogen-bond donors (Lipinski definition) is 3. The molecule has 0 aliphatic rings. The van der Waals surface area contributed by atoms with E-state index >= 15 is 0 Å². The second-order valence-electron chi connectivity index (χ2n) is 3.42. The van der Waals surface area contributed by atoms with Gasteiger partial charge in [-0.25, -0.2) is 0 Å². The van der Waals surface area contributed by atoms with Crippen molar-refractivity contribution in [3.8, 4) is 0 Å². The molecule has 0 bridgehead atoms. The average molecular weight is 215 g/mol. The lowest BCUT2D eigenvalue weighted by atomic mass is 10.2. The number of nitrogens with two attached hydrogens (primary N) is 1. The van der Waals surface area contributed by atoms with E-state index in [-0.39, 0.29) is 17.9 Å². The van der Waals surface area contributed by atoms with Gasteiger partial charge in [0, 0.05) is 19.5 Å². The molecule has 0 aromatic heterocycles. The zero-order chi connectivity index (χ0) is 11.7. The first kappa shape index (κ1) is 13.9. The fraction of sp³-hybridized carbons (Fsp3) is 0.800. The van der Waals surface area contributed by atoms with Gasteiger partial charge < -0.3 is 16.4 Å². The highest BCUT2D eigenvalue weighted by atomic mass is 16.2. The summed E-state index contributed by atoms with van der Waals surface area (Å²) in [5.74, 6) is -0.366. The van der Waals surface area contributed by atoms with Gasteiger partial charge in [0.15, 0.2) is 0 Å². The monoisotopic (exact) mass is 215 g/mol. The second kappa shape index (κ2) is 8.23. The number of rotatable bonds is 8. The number of carbonyl (C=O) groups excluding carboxylic acids is 2. The Hall–Kier alpha value is -1.10. The molecule has 5 nitrogen and oxygen atoms in total. The Morgan fingerprint density at radius 3 is 2.40 bits per heavy atom. The minimum Gasteiger partial charge on any atom is -0.368 e. The third kappa shape index (κ3) is 6.90. The third-order valence-corrected chi connectivity index (χ3v) is 2.07. The highest BCUT2D eigenvalue weighted by Crippen LogP contribution is 1.89. The van der Waals surface area contributed by atoms with Crippen molar-refractivity contribution in [3.05, 3.63) is 0 Å². The van der Waals surface area contributed by atoms with Crippen LogP contribution in [0.2, 0.25) is 0 Å². The van der Waals surface area contributed by atoms with Gasteiger partial charge in [-0.05, 0) is 12.8 Å². The quantitative estimate of drug-likeness (QED) is 0.522. The van der Waals surface area contributed by atoms with E-state index in [2.05, 4.69) is 10.6 Å². The molecule has 4 N–H and O–H groups in total. The Kier molecular flexibility index (Phi) is 7.62. The minimum atomic E-state index is -0.369. The smallest absolute Gasteiger partial charge is 0.234 e. The largest absolute Gasteiger partial charge is 0.368 e. The minimum absolute atomic E-state index is 0.00340. The predicted molar refractivity (Wildman–Crippen MR) is 59.2 cm³/mol. The van der Waals surface area contributed by atoms with Crippen molar-refractivity contribution < 1.29 is 9.59 Å². The maximum absolute atomic E-state index is 11.2. The number of carbonyl (C=O) groups is 2. The summed E-state index contributed by atoms with van der Waals surface area (Å²) >= 11 is 0. The lowest BCUT2D eigenvalue weighted by Crippen LogP contribution is -2.42. The van der Waals surface area contributed by atoms with Crippen LogP contribution in [-0.4, -0.2) is 30.9 Å². The molecule has 0 radical (unpaired) electrons. The van der Waals surface area contributed by atoms with Gasteiger partial charge in [0.1, 0.15) is 0 Å². The molecule has 0 saturated heterocycles. The average Bonchev–Trinajstić information content (AvgIpc) is 2.20. The normalized spacial score (nSPS) is 12.1. The summed E-state index contributed by atoms with van der Waals surface area (Å²) in [5.41, 5.74) is 5.14. The van der Waals surface area contributed by atoms with E-state index in [1.165, 1.54) is 0 Å². The van der Waals surface area contributed by atoms with Gasteiger partial charge in [0.25, 0.3) is 0 Å². The van der Waals surface area contributed by atoms with Crippen LogP contribution in [0.3, 0.4) is 0 Å². The van der Waals surface area contributed by atoms with Crippen LogP contribution >= 0.6 is 0 Å². The molecule has 0 fully saturated rings. The molecule has 0 saturated carbocycles. The van der Waals surface area contributed by atoms with Crippen molar-refractivity contribution in [2.24, 2.45) is 5.73 Å². The van der Waals surface area contributed by atoms with Gasteiger partial charge in [-0.15, -0.1) is 0 Å². The first-order chi connectivity index (χ1) is 7.11. The van der Waals surface area contributed by atoms with E-state index in [1.54, 1.807) is 0 Å². The Balaban J connectivity index is 3.59. The van der Waals surface area contributed by atoms with Crippen molar-refractivity contribution >= 4 is 11.8 Å². The van der Waals surface area contributed by atoms with Gasteiger partial charge >= 0.3 is 0 Å². The van der Waals surface area contributed by atoms with Gasteiger partial charge in [-0.2, -0.15) is 0 Å². The Labute approximate surface area is 90.8 Å².